The summed E-state index contributed by atoms with van der Waals surface area (Å²) in [5.41, 5.74) is 2.66. The Hall–Kier alpha value is -3.01. The van der Waals surface area contributed by atoms with Gasteiger partial charge in [-0.25, -0.2) is 0 Å². The molecule has 0 saturated carbocycles. The summed E-state index contributed by atoms with van der Waals surface area (Å²) in [4.78, 5) is 5.65. The maximum absolute atomic E-state index is 10.3. The Morgan fingerprint density at radius 1 is 1.04 bits per heavy atom. The molecule has 0 aromatic heterocycles. The monoisotopic (exact) mass is 319 g/mol. The summed E-state index contributed by atoms with van der Waals surface area (Å²) in [6, 6.07) is 19.3. The van der Waals surface area contributed by atoms with Crippen molar-refractivity contribution in [2.24, 2.45) is 5.16 Å². The summed E-state index contributed by atoms with van der Waals surface area (Å²) < 4.78 is 5.18. The molecule has 0 saturated heterocycles. The van der Waals surface area contributed by atoms with Crippen molar-refractivity contribution in [3.8, 4) is 11.5 Å². The van der Waals surface area contributed by atoms with Crippen molar-refractivity contribution in [2.75, 3.05) is 7.11 Å². The standard InChI is InChI=1S/C20H17NO3/c1-23-15-9-6-14(7-10-15)17-12-19(24-21-17)20-16-5-3-2-4-13(16)8-11-18(20)22/h2-11,19,22H,12H2,1H3. The predicted molar refractivity (Wildman–Crippen MR) is 93.6 cm³/mol. The highest BCUT2D eigenvalue weighted by Gasteiger charge is 2.27. The minimum absolute atomic E-state index is 0.241. The molecule has 0 fully saturated rings. The molecule has 0 bridgehead atoms. The van der Waals surface area contributed by atoms with Gasteiger partial charge in [0.1, 0.15) is 11.5 Å². The quantitative estimate of drug-likeness (QED) is 0.777. The summed E-state index contributed by atoms with van der Waals surface area (Å²) in [7, 11) is 1.64. The second-order valence-corrected chi connectivity index (χ2v) is 5.78. The average molecular weight is 319 g/mol. The van der Waals surface area contributed by atoms with E-state index in [1.807, 2.05) is 54.6 Å². The van der Waals surface area contributed by atoms with Crippen LogP contribution in [0.1, 0.15) is 23.7 Å². The van der Waals surface area contributed by atoms with E-state index in [9.17, 15) is 5.11 Å². The third-order valence-corrected chi connectivity index (χ3v) is 4.36. The van der Waals surface area contributed by atoms with Gasteiger partial charge < -0.3 is 14.7 Å². The van der Waals surface area contributed by atoms with E-state index in [0.717, 1.165) is 33.4 Å². The van der Waals surface area contributed by atoms with Crippen molar-refractivity contribution >= 4 is 16.5 Å². The van der Waals surface area contributed by atoms with Crippen molar-refractivity contribution in [2.45, 2.75) is 12.5 Å². The lowest BCUT2D eigenvalue weighted by Crippen LogP contribution is -2.02. The molecule has 4 rings (SSSR count). The number of phenols is 1. The maximum Gasteiger partial charge on any atom is 0.162 e. The molecular formula is C20H17NO3. The fraction of sp³-hybridized carbons (Fsp3) is 0.150. The molecule has 120 valence electrons. The van der Waals surface area contributed by atoms with E-state index >= 15 is 0 Å². The van der Waals surface area contributed by atoms with Crippen LogP contribution in [0.2, 0.25) is 0 Å². The van der Waals surface area contributed by atoms with Gasteiger partial charge >= 0.3 is 0 Å². The summed E-state index contributed by atoms with van der Waals surface area (Å²) in [5.74, 6) is 1.05. The Balaban J connectivity index is 1.65. The number of benzene rings is 3. The van der Waals surface area contributed by atoms with E-state index < -0.39 is 0 Å². The third kappa shape index (κ3) is 2.46. The molecule has 0 radical (unpaired) electrons. The molecule has 1 N–H and O–H groups in total. The third-order valence-electron chi connectivity index (χ3n) is 4.36. The van der Waals surface area contributed by atoms with Gasteiger partial charge in [-0.1, -0.05) is 35.5 Å². The first-order valence-electron chi connectivity index (χ1n) is 7.84. The average Bonchev–Trinajstić information content (AvgIpc) is 3.11. The predicted octanol–water partition coefficient (Wildman–Crippen LogP) is 4.42. The highest BCUT2D eigenvalue weighted by atomic mass is 16.6. The number of rotatable bonds is 3. The zero-order valence-electron chi connectivity index (χ0n) is 13.3. The van der Waals surface area contributed by atoms with Crippen molar-refractivity contribution in [1.29, 1.82) is 0 Å². The second kappa shape index (κ2) is 5.89. The van der Waals surface area contributed by atoms with Gasteiger partial charge in [-0.2, -0.15) is 0 Å². The van der Waals surface area contributed by atoms with Crippen LogP contribution in [0.25, 0.3) is 10.8 Å². The first-order chi connectivity index (χ1) is 11.8. The Labute approximate surface area is 139 Å². The van der Waals surface area contributed by atoms with Crippen molar-refractivity contribution in [1.82, 2.24) is 0 Å². The van der Waals surface area contributed by atoms with E-state index in [2.05, 4.69) is 5.16 Å². The van der Waals surface area contributed by atoms with Gasteiger partial charge in [0.05, 0.1) is 12.8 Å². The van der Waals surface area contributed by atoms with Gasteiger partial charge in [0.15, 0.2) is 6.10 Å². The largest absolute Gasteiger partial charge is 0.508 e. The molecule has 1 aliphatic heterocycles. The van der Waals surface area contributed by atoms with E-state index in [1.54, 1.807) is 13.2 Å². The number of aromatic hydroxyl groups is 1. The van der Waals surface area contributed by atoms with Gasteiger partial charge in [-0.15, -0.1) is 0 Å². The smallest absolute Gasteiger partial charge is 0.162 e. The van der Waals surface area contributed by atoms with Crippen LogP contribution in [0.3, 0.4) is 0 Å². The molecule has 1 heterocycles. The number of ether oxygens (including phenoxy) is 1. The SMILES string of the molecule is COc1ccc(C2=NOC(c3c(O)ccc4ccccc34)C2)cc1. The van der Waals surface area contributed by atoms with E-state index in [1.165, 1.54) is 0 Å². The molecule has 4 nitrogen and oxygen atoms in total. The zero-order valence-corrected chi connectivity index (χ0v) is 13.3. The normalized spacial score (nSPS) is 16.7. The molecule has 3 aromatic carbocycles. The van der Waals surface area contributed by atoms with Crippen LogP contribution >= 0.6 is 0 Å². The topological polar surface area (TPSA) is 51.0 Å². The summed E-state index contributed by atoms with van der Waals surface area (Å²) in [5, 5.41) is 16.6. The van der Waals surface area contributed by atoms with Gasteiger partial charge in [-0.3, -0.25) is 0 Å². The van der Waals surface area contributed by atoms with Crippen molar-refractivity contribution in [3.05, 3.63) is 71.8 Å². The maximum atomic E-state index is 10.3. The number of methoxy groups -OCH3 is 1. The Morgan fingerprint density at radius 2 is 1.83 bits per heavy atom. The first kappa shape index (κ1) is 14.6. The Morgan fingerprint density at radius 3 is 2.62 bits per heavy atom. The number of oxime groups is 1. The van der Waals surface area contributed by atoms with Gasteiger partial charge in [0.2, 0.25) is 0 Å². The molecule has 1 unspecified atom stereocenters. The molecular weight excluding hydrogens is 302 g/mol. The number of nitrogens with zero attached hydrogens (tertiary/aromatic N) is 1. The van der Waals surface area contributed by atoms with E-state index in [0.29, 0.717) is 6.42 Å². The summed E-state index contributed by atoms with van der Waals surface area (Å²) in [6.07, 6.45) is 0.335. The van der Waals surface area contributed by atoms with Crippen molar-refractivity contribution < 1.29 is 14.7 Å². The molecule has 1 aliphatic rings. The molecule has 24 heavy (non-hydrogen) atoms. The molecule has 4 heteroatoms. The van der Waals surface area contributed by atoms with Crippen LogP contribution in [0.4, 0.5) is 0 Å². The second-order valence-electron chi connectivity index (χ2n) is 5.78. The minimum atomic E-state index is -0.284. The Bertz CT molecular complexity index is 916. The van der Waals surface area contributed by atoms with Gasteiger partial charge in [-0.05, 0) is 46.7 Å². The van der Waals surface area contributed by atoms with E-state index in [-0.39, 0.29) is 11.9 Å². The highest BCUT2D eigenvalue weighted by Crippen LogP contribution is 2.39. The van der Waals surface area contributed by atoms with Crippen LogP contribution < -0.4 is 4.74 Å². The van der Waals surface area contributed by atoms with Crippen LogP contribution in [0, 0.1) is 0 Å². The van der Waals surface area contributed by atoms with E-state index in [4.69, 9.17) is 9.57 Å². The molecule has 0 aliphatic carbocycles. The number of phenolic OH excluding ortho intramolecular Hbond substituents is 1. The number of fused-ring (bicyclic) bond motifs is 1. The summed E-state index contributed by atoms with van der Waals surface area (Å²) >= 11 is 0. The lowest BCUT2D eigenvalue weighted by atomic mass is 9.95. The van der Waals surface area contributed by atoms with Crippen LogP contribution in [0.5, 0.6) is 11.5 Å². The Kier molecular flexibility index (Phi) is 3.58. The van der Waals surface area contributed by atoms with Crippen LogP contribution in [-0.4, -0.2) is 17.9 Å². The van der Waals surface area contributed by atoms with Crippen molar-refractivity contribution in [3.63, 3.8) is 0 Å². The van der Waals surface area contributed by atoms with Crippen LogP contribution in [0.15, 0.2) is 65.8 Å². The number of hydrogen-bond acceptors (Lipinski definition) is 4. The molecule has 0 spiro atoms. The molecule has 0 amide bonds. The summed E-state index contributed by atoms with van der Waals surface area (Å²) in [6.45, 7) is 0. The van der Waals surface area contributed by atoms with Crippen LogP contribution in [-0.2, 0) is 4.84 Å². The molecule has 1 atom stereocenters. The minimum Gasteiger partial charge on any atom is -0.508 e. The lowest BCUT2D eigenvalue weighted by molar-refractivity contribution is 0.0849. The number of hydrogen-bond donors (Lipinski definition) is 1. The fourth-order valence-electron chi connectivity index (χ4n) is 3.11. The fourth-order valence-corrected chi connectivity index (χ4v) is 3.11. The first-order valence-corrected chi connectivity index (χ1v) is 7.84. The van der Waals surface area contributed by atoms with Gasteiger partial charge in [0, 0.05) is 12.0 Å². The zero-order chi connectivity index (χ0) is 16.5. The van der Waals surface area contributed by atoms with Gasteiger partial charge in [0.25, 0.3) is 0 Å². The highest BCUT2D eigenvalue weighted by molar-refractivity contribution is 6.02. The lowest BCUT2D eigenvalue weighted by Gasteiger charge is -2.14. The molecule has 3 aromatic rings.